The Morgan fingerprint density at radius 2 is 1.85 bits per heavy atom. The molecule has 0 amide bonds. The van der Waals surface area contributed by atoms with Gasteiger partial charge in [0.1, 0.15) is 0 Å². The van der Waals surface area contributed by atoms with Crippen molar-refractivity contribution in [2.45, 2.75) is 91.9 Å². The number of allylic oxidation sites excluding steroid dienone is 1. The van der Waals surface area contributed by atoms with E-state index >= 15 is 0 Å². The molecule has 3 aliphatic carbocycles. The maximum absolute atomic E-state index is 9.47. The predicted octanol–water partition coefficient (Wildman–Crippen LogP) is 6.86. The number of fused-ring (bicyclic) bond motifs is 3. The summed E-state index contributed by atoms with van der Waals surface area (Å²) in [5.41, 5.74) is 1.97. The van der Waals surface area contributed by atoms with Gasteiger partial charge in [0.2, 0.25) is 0 Å². The first-order chi connectivity index (χ1) is 12.4. The van der Waals surface area contributed by atoms with Gasteiger partial charge >= 0.3 is 0 Å². The van der Waals surface area contributed by atoms with Crippen LogP contribution in [-0.4, -0.2) is 11.7 Å². The number of hydrogen-bond acceptors (Lipinski definition) is 1. The van der Waals surface area contributed by atoms with E-state index in [1.54, 1.807) is 0 Å². The second-order valence-electron chi connectivity index (χ2n) is 10.8. The first kappa shape index (κ1) is 20.4. The van der Waals surface area contributed by atoms with Crippen LogP contribution in [-0.2, 0) is 0 Å². The van der Waals surface area contributed by atoms with Gasteiger partial charge in [0, 0.05) is 6.61 Å². The first-order valence-electron chi connectivity index (χ1n) is 11.6. The topological polar surface area (TPSA) is 20.2 Å². The van der Waals surface area contributed by atoms with Crippen molar-refractivity contribution < 1.29 is 5.11 Å². The van der Waals surface area contributed by atoms with E-state index in [0.717, 1.165) is 47.8 Å². The molecule has 0 aromatic heterocycles. The van der Waals surface area contributed by atoms with Crippen molar-refractivity contribution in [3.8, 4) is 0 Å². The standard InChI is InChI=1S/C25H44O/c1-17(2)8-9-19-10-11-22-21(20(19)7-6-16-26)14-15-25(5)23(18(3)4)12-13-24(22)25/h17,19-24,26H,3,6-16H2,1-2,4-5H3/t19-,20-,21+,22+,23+,24-,25+/m0/s1. The molecule has 0 heterocycles. The summed E-state index contributed by atoms with van der Waals surface area (Å²) in [6.45, 7) is 14.4. The minimum Gasteiger partial charge on any atom is -0.396 e. The Hall–Kier alpha value is -0.300. The van der Waals surface area contributed by atoms with Crippen LogP contribution in [0.15, 0.2) is 12.2 Å². The lowest BCUT2D eigenvalue weighted by molar-refractivity contribution is -0.0528. The van der Waals surface area contributed by atoms with Gasteiger partial charge in [-0.25, -0.2) is 0 Å². The van der Waals surface area contributed by atoms with E-state index in [0.29, 0.717) is 12.0 Å². The van der Waals surface area contributed by atoms with Crippen molar-refractivity contribution in [3.63, 3.8) is 0 Å². The molecule has 0 saturated heterocycles. The van der Waals surface area contributed by atoms with Gasteiger partial charge in [-0.1, -0.05) is 39.3 Å². The van der Waals surface area contributed by atoms with E-state index in [2.05, 4.69) is 34.3 Å². The summed E-state index contributed by atoms with van der Waals surface area (Å²) in [6, 6.07) is 0. The van der Waals surface area contributed by atoms with Crippen LogP contribution in [0.4, 0.5) is 0 Å². The van der Waals surface area contributed by atoms with E-state index in [-0.39, 0.29) is 0 Å². The lowest BCUT2D eigenvalue weighted by atomic mass is 9.50. The van der Waals surface area contributed by atoms with Gasteiger partial charge in [-0.15, -0.1) is 0 Å². The van der Waals surface area contributed by atoms with Crippen LogP contribution in [0, 0.1) is 46.8 Å². The molecule has 0 aromatic carbocycles. The molecule has 0 spiro atoms. The average molecular weight is 361 g/mol. The van der Waals surface area contributed by atoms with E-state index in [1.165, 1.54) is 63.4 Å². The van der Waals surface area contributed by atoms with Gasteiger partial charge in [-0.3, -0.25) is 0 Å². The molecule has 1 heteroatoms. The molecule has 3 aliphatic rings. The van der Waals surface area contributed by atoms with Crippen LogP contribution in [0.5, 0.6) is 0 Å². The summed E-state index contributed by atoms with van der Waals surface area (Å²) in [5.74, 6) is 6.23. The number of rotatable bonds is 7. The fourth-order valence-corrected chi connectivity index (χ4v) is 7.73. The van der Waals surface area contributed by atoms with Crippen molar-refractivity contribution in [2.75, 3.05) is 6.61 Å². The molecule has 0 bridgehead atoms. The Kier molecular flexibility index (Phi) is 6.58. The molecule has 1 N–H and O–H groups in total. The second-order valence-corrected chi connectivity index (χ2v) is 10.8. The van der Waals surface area contributed by atoms with Crippen LogP contribution in [0.3, 0.4) is 0 Å². The molecular weight excluding hydrogens is 316 g/mol. The zero-order chi connectivity index (χ0) is 18.9. The lowest BCUT2D eigenvalue weighted by Crippen LogP contribution is -2.47. The van der Waals surface area contributed by atoms with Crippen LogP contribution < -0.4 is 0 Å². The van der Waals surface area contributed by atoms with Crippen LogP contribution in [0.2, 0.25) is 0 Å². The van der Waals surface area contributed by atoms with Crippen molar-refractivity contribution in [1.29, 1.82) is 0 Å². The Morgan fingerprint density at radius 1 is 1.08 bits per heavy atom. The maximum Gasteiger partial charge on any atom is 0.0431 e. The molecule has 0 radical (unpaired) electrons. The third-order valence-corrected chi connectivity index (χ3v) is 8.92. The smallest absolute Gasteiger partial charge is 0.0431 e. The van der Waals surface area contributed by atoms with E-state index in [9.17, 15) is 5.11 Å². The fraction of sp³-hybridized carbons (Fsp3) is 0.920. The van der Waals surface area contributed by atoms with Gasteiger partial charge in [-0.2, -0.15) is 0 Å². The lowest BCUT2D eigenvalue weighted by Gasteiger charge is -2.55. The van der Waals surface area contributed by atoms with Crippen molar-refractivity contribution >= 4 is 0 Å². The van der Waals surface area contributed by atoms with Gasteiger partial charge in [0.25, 0.3) is 0 Å². The molecule has 7 atom stereocenters. The minimum absolute atomic E-state index is 0.379. The highest BCUT2D eigenvalue weighted by atomic mass is 16.2. The highest BCUT2D eigenvalue weighted by Gasteiger charge is 2.56. The molecule has 0 aromatic rings. The van der Waals surface area contributed by atoms with Gasteiger partial charge in [0.05, 0.1) is 0 Å². The molecule has 26 heavy (non-hydrogen) atoms. The largest absolute Gasteiger partial charge is 0.396 e. The minimum atomic E-state index is 0.379. The highest BCUT2D eigenvalue weighted by Crippen LogP contribution is 2.64. The van der Waals surface area contributed by atoms with Gasteiger partial charge in [0.15, 0.2) is 0 Å². The molecule has 3 rings (SSSR count). The summed E-state index contributed by atoms with van der Waals surface area (Å²) in [5, 5.41) is 9.47. The summed E-state index contributed by atoms with van der Waals surface area (Å²) >= 11 is 0. The highest BCUT2D eigenvalue weighted by molar-refractivity contribution is 5.13. The summed E-state index contributed by atoms with van der Waals surface area (Å²) in [7, 11) is 0. The molecule has 150 valence electrons. The molecule has 0 unspecified atom stereocenters. The average Bonchev–Trinajstić information content (AvgIpc) is 2.95. The Morgan fingerprint density at radius 3 is 2.50 bits per heavy atom. The number of aliphatic hydroxyl groups is 1. The fourth-order valence-electron chi connectivity index (χ4n) is 7.73. The van der Waals surface area contributed by atoms with Gasteiger partial charge < -0.3 is 5.11 Å². The van der Waals surface area contributed by atoms with E-state index in [1.807, 2.05) is 0 Å². The maximum atomic E-state index is 9.47. The van der Waals surface area contributed by atoms with E-state index in [4.69, 9.17) is 0 Å². The van der Waals surface area contributed by atoms with Crippen LogP contribution in [0.25, 0.3) is 0 Å². The molecule has 0 aliphatic heterocycles. The van der Waals surface area contributed by atoms with Crippen molar-refractivity contribution in [1.82, 2.24) is 0 Å². The van der Waals surface area contributed by atoms with E-state index < -0.39 is 0 Å². The molecular formula is C25H44O. The predicted molar refractivity (Wildman–Crippen MR) is 112 cm³/mol. The summed E-state index contributed by atoms with van der Waals surface area (Å²) < 4.78 is 0. The van der Waals surface area contributed by atoms with Crippen LogP contribution >= 0.6 is 0 Å². The van der Waals surface area contributed by atoms with Crippen molar-refractivity contribution in [2.24, 2.45) is 46.8 Å². The molecule has 3 saturated carbocycles. The third-order valence-electron chi connectivity index (χ3n) is 8.92. The van der Waals surface area contributed by atoms with Crippen LogP contribution in [0.1, 0.15) is 91.9 Å². The molecule has 3 fully saturated rings. The zero-order valence-electron chi connectivity index (χ0n) is 18.0. The van der Waals surface area contributed by atoms with Gasteiger partial charge in [-0.05, 0) is 112 Å². The SMILES string of the molecule is C=C(C)[C@H]1CC[C@H]2[C@@H]3CC[C@H](CCC(C)C)[C@H](CCCO)[C@H]3CC[C@]12C. The quantitative estimate of drug-likeness (QED) is 0.492. The Bertz CT molecular complexity index is 481. The zero-order valence-corrected chi connectivity index (χ0v) is 18.0. The van der Waals surface area contributed by atoms with Crippen molar-refractivity contribution in [3.05, 3.63) is 12.2 Å². The summed E-state index contributed by atoms with van der Waals surface area (Å²) in [4.78, 5) is 0. The first-order valence-corrected chi connectivity index (χ1v) is 11.6. The monoisotopic (exact) mass is 360 g/mol. The third kappa shape index (κ3) is 3.80. The second kappa shape index (κ2) is 8.38. The number of aliphatic hydroxyl groups excluding tert-OH is 1. The Labute approximate surface area is 163 Å². The summed E-state index contributed by atoms with van der Waals surface area (Å²) in [6.07, 6.45) is 13.7. The Balaban J connectivity index is 1.76. The number of hydrogen-bond donors (Lipinski definition) is 1. The molecule has 1 nitrogen and oxygen atoms in total. The normalized spacial score (nSPS) is 42.5.